The second-order valence-corrected chi connectivity index (χ2v) is 6.11. The van der Waals surface area contributed by atoms with Crippen molar-refractivity contribution in [1.82, 2.24) is 4.90 Å². The zero-order chi connectivity index (χ0) is 14.7. The summed E-state index contributed by atoms with van der Waals surface area (Å²) in [6.07, 6.45) is 2.91. The standard InChI is InChI=1S/C15H20N2O2S/c1-10-8-11(10)15(19)17(2)9-14(18)16-12-6-4-5-7-13(12)20-3/h4-7,10-11H,8-9H2,1-3H3,(H,16,18). The van der Waals surface area contributed by atoms with Gasteiger partial charge >= 0.3 is 0 Å². The molecule has 0 heterocycles. The SMILES string of the molecule is CSc1ccccc1NC(=O)CN(C)C(=O)C1CC1C. The van der Waals surface area contributed by atoms with Crippen LogP contribution in [0.3, 0.4) is 0 Å². The Balaban J connectivity index is 1.90. The van der Waals surface area contributed by atoms with Crippen LogP contribution in [0.25, 0.3) is 0 Å². The van der Waals surface area contributed by atoms with E-state index < -0.39 is 0 Å². The zero-order valence-corrected chi connectivity index (χ0v) is 12.9. The molecule has 2 unspecified atom stereocenters. The number of nitrogens with one attached hydrogen (secondary N) is 1. The number of amides is 2. The van der Waals surface area contributed by atoms with Gasteiger partial charge < -0.3 is 10.2 Å². The van der Waals surface area contributed by atoms with Gasteiger partial charge in [-0.25, -0.2) is 0 Å². The largest absolute Gasteiger partial charge is 0.336 e. The molecule has 0 saturated heterocycles. The van der Waals surface area contributed by atoms with Gasteiger partial charge in [0.25, 0.3) is 0 Å². The molecule has 1 aromatic rings. The number of hydrogen-bond donors (Lipinski definition) is 1. The first-order chi connectivity index (χ1) is 9.52. The molecule has 4 nitrogen and oxygen atoms in total. The molecule has 0 bridgehead atoms. The molecule has 0 radical (unpaired) electrons. The van der Waals surface area contributed by atoms with Crippen molar-refractivity contribution < 1.29 is 9.59 Å². The fourth-order valence-corrected chi connectivity index (χ4v) is 2.73. The smallest absolute Gasteiger partial charge is 0.244 e. The highest BCUT2D eigenvalue weighted by molar-refractivity contribution is 7.98. The summed E-state index contributed by atoms with van der Waals surface area (Å²) < 4.78 is 0. The minimum absolute atomic E-state index is 0.0748. The molecule has 2 atom stereocenters. The van der Waals surface area contributed by atoms with E-state index >= 15 is 0 Å². The average molecular weight is 292 g/mol. The van der Waals surface area contributed by atoms with Crippen LogP contribution in [0.2, 0.25) is 0 Å². The molecule has 108 valence electrons. The molecule has 0 aliphatic heterocycles. The van der Waals surface area contributed by atoms with Crippen molar-refractivity contribution in [3.63, 3.8) is 0 Å². The molecule has 2 amide bonds. The lowest BCUT2D eigenvalue weighted by Gasteiger charge is -2.17. The van der Waals surface area contributed by atoms with Gasteiger partial charge in [-0.2, -0.15) is 0 Å². The number of benzene rings is 1. The highest BCUT2D eigenvalue weighted by atomic mass is 32.2. The number of hydrogen-bond acceptors (Lipinski definition) is 3. The van der Waals surface area contributed by atoms with Crippen LogP contribution in [-0.4, -0.2) is 36.6 Å². The van der Waals surface area contributed by atoms with E-state index in [0.29, 0.717) is 5.92 Å². The van der Waals surface area contributed by atoms with Crippen LogP contribution in [0.5, 0.6) is 0 Å². The second kappa shape index (κ2) is 6.31. The normalized spacial score (nSPS) is 20.4. The lowest BCUT2D eigenvalue weighted by molar-refractivity contribution is -0.134. The van der Waals surface area contributed by atoms with Crippen molar-refractivity contribution in [2.24, 2.45) is 11.8 Å². The van der Waals surface area contributed by atoms with E-state index in [1.165, 1.54) is 4.90 Å². The maximum absolute atomic E-state index is 12.0. The molecule has 1 aliphatic carbocycles. The molecule has 1 N–H and O–H groups in total. The van der Waals surface area contributed by atoms with Crippen LogP contribution in [0.4, 0.5) is 5.69 Å². The first kappa shape index (κ1) is 14.9. The van der Waals surface area contributed by atoms with Crippen LogP contribution in [0, 0.1) is 11.8 Å². The van der Waals surface area contributed by atoms with Gasteiger partial charge in [0.15, 0.2) is 0 Å². The molecule has 0 aromatic heterocycles. The van der Waals surface area contributed by atoms with Crippen LogP contribution in [-0.2, 0) is 9.59 Å². The van der Waals surface area contributed by atoms with Gasteiger partial charge in [-0.15, -0.1) is 11.8 Å². The van der Waals surface area contributed by atoms with Crippen molar-refractivity contribution in [3.8, 4) is 0 Å². The summed E-state index contributed by atoms with van der Waals surface area (Å²) in [5, 5.41) is 2.86. The molecular weight excluding hydrogens is 272 g/mol. The molecule has 5 heteroatoms. The summed E-state index contributed by atoms with van der Waals surface area (Å²) in [5.41, 5.74) is 0.797. The Morgan fingerprint density at radius 1 is 1.40 bits per heavy atom. The third-order valence-corrected chi connectivity index (χ3v) is 4.36. The van der Waals surface area contributed by atoms with Crippen LogP contribution in [0.1, 0.15) is 13.3 Å². The van der Waals surface area contributed by atoms with Gasteiger partial charge in [-0.3, -0.25) is 9.59 Å². The highest BCUT2D eigenvalue weighted by Crippen LogP contribution is 2.38. The van der Waals surface area contributed by atoms with E-state index in [4.69, 9.17) is 0 Å². The third kappa shape index (κ3) is 3.54. The number of anilines is 1. The summed E-state index contributed by atoms with van der Waals surface area (Å²) in [6.45, 7) is 2.16. The Kier molecular flexibility index (Phi) is 4.70. The number of likely N-dealkylation sites (N-methyl/N-ethyl adjacent to an activating group) is 1. The van der Waals surface area contributed by atoms with E-state index in [9.17, 15) is 9.59 Å². The zero-order valence-electron chi connectivity index (χ0n) is 12.1. The van der Waals surface area contributed by atoms with E-state index in [1.807, 2.05) is 30.5 Å². The molecule has 1 saturated carbocycles. The molecule has 1 fully saturated rings. The lowest BCUT2D eigenvalue weighted by Crippen LogP contribution is -2.36. The minimum atomic E-state index is -0.157. The first-order valence-electron chi connectivity index (χ1n) is 6.70. The fourth-order valence-electron chi connectivity index (χ4n) is 2.18. The number of rotatable bonds is 5. The Labute approximate surface area is 123 Å². The summed E-state index contributed by atoms with van der Waals surface area (Å²) in [5.74, 6) is 0.498. The molecule has 1 aliphatic rings. The average Bonchev–Trinajstić information content (AvgIpc) is 3.15. The number of carbonyl (C=O) groups excluding carboxylic acids is 2. The van der Waals surface area contributed by atoms with Crippen molar-refractivity contribution in [3.05, 3.63) is 24.3 Å². The Morgan fingerprint density at radius 2 is 2.05 bits per heavy atom. The molecule has 2 rings (SSSR count). The van der Waals surface area contributed by atoms with Gasteiger partial charge in [0, 0.05) is 17.9 Å². The van der Waals surface area contributed by atoms with Crippen molar-refractivity contribution in [1.29, 1.82) is 0 Å². The second-order valence-electron chi connectivity index (χ2n) is 5.26. The van der Waals surface area contributed by atoms with Crippen LogP contribution in [0.15, 0.2) is 29.2 Å². The summed E-state index contributed by atoms with van der Waals surface area (Å²) in [7, 11) is 1.69. The Hall–Kier alpha value is -1.49. The van der Waals surface area contributed by atoms with Crippen molar-refractivity contribution in [2.45, 2.75) is 18.2 Å². The topological polar surface area (TPSA) is 49.4 Å². The van der Waals surface area contributed by atoms with Crippen LogP contribution >= 0.6 is 11.8 Å². The maximum atomic E-state index is 12.0. The van der Waals surface area contributed by atoms with Gasteiger partial charge in [-0.1, -0.05) is 19.1 Å². The minimum Gasteiger partial charge on any atom is -0.336 e. The monoisotopic (exact) mass is 292 g/mol. The molecule has 0 spiro atoms. The summed E-state index contributed by atoms with van der Waals surface area (Å²) >= 11 is 1.58. The van der Waals surface area contributed by atoms with Gasteiger partial charge in [-0.05, 0) is 30.7 Å². The fraction of sp³-hybridized carbons (Fsp3) is 0.467. The number of nitrogens with zero attached hydrogens (tertiary/aromatic N) is 1. The summed E-state index contributed by atoms with van der Waals surface area (Å²) in [4.78, 5) is 26.5. The number of thioether (sulfide) groups is 1. The van der Waals surface area contributed by atoms with Crippen molar-refractivity contribution in [2.75, 3.05) is 25.2 Å². The summed E-state index contributed by atoms with van der Waals surface area (Å²) in [6, 6.07) is 7.65. The quantitative estimate of drug-likeness (QED) is 0.848. The lowest BCUT2D eigenvalue weighted by atomic mass is 10.3. The van der Waals surface area contributed by atoms with E-state index in [-0.39, 0.29) is 24.3 Å². The number of para-hydroxylation sites is 1. The predicted molar refractivity (Wildman–Crippen MR) is 81.8 cm³/mol. The number of carbonyl (C=O) groups is 2. The third-order valence-electron chi connectivity index (χ3n) is 3.56. The Bertz CT molecular complexity index is 518. The Morgan fingerprint density at radius 3 is 2.65 bits per heavy atom. The van der Waals surface area contributed by atoms with E-state index in [1.54, 1.807) is 18.8 Å². The van der Waals surface area contributed by atoms with E-state index in [2.05, 4.69) is 12.2 Å². The highest BCUT2D eigenvalue weighted by Gasteiger charge is 2.40. The molecule has 1 aromatic carbocycles. The molecular formula is C15H20N2O2S. The van der Waals surface area contributed by atoms with E-state index in [0.717, 1.165) is 17.0 Å². The first-order valence-corrected chi connectivity index (χ1v) is 7.93. The molecule has 20 heavy (non-hydrogen) atoms. The van der Waals surface area contributed by atoms with Crippen molar-refractivity contribution >= 4 is 29.3 Å². The van der Waals surface area contributed by atoms with Gasteiger partial charge in [0.05, 0.1) is 12.2 Å². The van der Waals surface area contributed by atoms with Crippen LogP contribution < -0.4 is 5.32 Å². The maximum Gasteiger partial charge on any atom is 0.244 e. The van der Waals surface area contributed by atoms with Gasteiger partial charge in [0.2, 0.25) is 11.8 Å². The van der Waals surface area contributed by atoms with Gasteiger partial charge in [0.1, 0.15) is 0 Å². The predicted octanol–water partition coefficient (Wildman–Crippen LogP) is 2.46.